The van der Waals surface area contributed by atoms with Crippen LogP contribution in [0, 0.1) is 11.3 Å². The van der Waals surface area contributed by atoms with Crippen molar-refractivity contribution >= 4 is 5.97 Å². The first-order chi connectivity index (χ1) is 13.1. The fourth-order valence-electron chi connectivity index (χ4n) is 2.53. The fourth-order valence-corrected chi connectivity index (χ4v) is 2.53. The molecule has 0 heterocycles. The van der Waals surface area contributed by atoms with E-state index in [4.69, 9.17) is 4.74 Å². The largest absolute Gasteiger partial charge is 0.462 e. The first kappa shape index (κ1) is 28.8. The third-order valence-corrected chi connectivity index (χ3v) is 4.69. The van der Waals surface area contributed by atoms with Crippen molar-refractivity contribution in [2.75, 3.05) is 0 Å². The number of carbonyl (C=O) groups excluding carboxylic acids is 1. The third kappa shape index (κ3) is 9.76. The predicted octanol–water partition coefficient (Wildman–Crippen LogP) is 7.41. The monoisotopic (exact) mass is 460 g/mol. The maximum Gasteiger partial charge on any atom is 0.453 e. The average Bonchev–Trinajstić information content (AvgIpc) is 2.48. The van der Waals surface area contributed by atoms with Gasteiger partial charge in [0, 0.05) is 6.42 Å². The average molecular weight is 460 g/mol. The van der Waals surface area contributed by atoms with Crippen LogP contribution in [-0.2, 0) is 9.53 Å². The smallest absolute Gasteiger partial charge is 0.453 e. The maximum absolute atomic E-state index is 14.0. The van der Waals surface area contributed by atoms with Crippen LogP contribution in [0.4, 0.5) is 39.5 Å². The van der Waals surface area contributed by atoms with Gasteiger partial charge in [-0.15, -0.1) is 0 Å². The molecule has 0 amide bonds. The van der Waals surface area contributed by atoms with Gasteiger partial charge in [-0.05, 0) is 39.0 Å². The van der Waals surface area contributed by atoms with E-state index in [1.165, 1.54) is 0 Å². The predicted molar refractivity (Wildman–Crippen MR) is 92.8 cm³/mol. The second kappa shape index (κ2) is 9.97. The van der Waals surface area contributed by atoms with E-state index in [1.54, 1.807) is 34.6 Å². The van der Waals surface area contributed by atoms with Crippen molar-refractivity contribution in [3.63, 3.8) is 0 Å². The molecule has 0 aromatic rings. The van der Waals surface area contributed by atoms with Crippen LogP contribution in [0.15, 0.2) is 0 Å². The molecule has 0 aliphatic heterocycles. The van der Waals surface area contributed by atoms with Gasteiger partial charge in [-0.3, -0.25) is 4.79 Å². The standard InChI is InChI=1S/C19H29F9O2/c1-6-15(4,5)14(29)30-13(9-12(2)3)7-8-16(20,21)10-17(22,23)11-18(24,25)19(26,27)28/h12-13H,6-11H2,1-5H3. The topological polar surface area (TPSA) is 26.3 Å². The van der Waals surface area contributed by atoms with Gasteiger partial charge in [0.1, 0.15) is 6.10 Å². The molecule has 30 heavy (non-hydrogen) atoms. The minimum Gasteiger partial charge on any atom is -0.462 e. The molecule has 0 rings (SSSR count). The van der Waals surface area contributed by atoms with Gasteiger partial charge >= 0.3 is 18.1 Å². The van der Waals surface area contributed by atoms with Crippen LogP contribution in [0.3, 0.4) is 0 Å². The lowest BCUT2D eigenvalue weighted by molar-refractivity contribution is -0.304. The molecule has 0 bridgehead atoms. The number of esters is 1. The molecule has 0 N–H and O–H groups in total. The molecule has 0 radical (unpaired) electrons. The third-order valence-electron chi connectivity index (χ3n) is 4.69. The van der Waals surface area contributed by atoms with Crippen LogP contribution in [-0.4, -0.2) is 36.0 Å². The molecular weight excluding hydrogens is 431 g/mol. The van der Waals surface area contributed by atoms with E-state index in [0.29, 0.717) is 6.42 Å². The number of alkyl halides is 9. The van der Waals surface area contributed by atoms with Gasteiger partial charge in [0.15, 0.2) is 0 Å². The Bertz CT molecular complexity index is 555. The van der Waals surface area contributed by atoms with Crippen molar-refractivity contribution in [1.29, 1.82) is 0 Å². The normalized spacial score (nSPS) is 15.4. The zero-order chi connectivity index (χ0) is 24.2. The molecule has 0 aliphatic carbocycles. The van der Waals surface area contributed by atoms with Crippen LogP contribution in [0.5, 0.6) is 0 Å². The van der Waals surface area contributed by atoms with E-state index >= 15 is 0 Å². The summed E-state index contributed by atoms with van der Waals surface area (Å²) >= 11 is 0. The van der Waals surface area contributed by atoms with E-state index < -0.39 is 67.1 Å². The lowest BCUT2D eigenvalue weighted by atomic mass is 9.90. The fraction of sp³-hybridized carbons (Fsp3) is 0.947. The van der Waals surface area contributed by atoms with Crippen molar-refractivity contribution in [3.05, 3.63) is 0 Å². The van der Waals surface area contributed by atoms with E-state index in [1.807, 2.05) is 0 Å². The highest BCUT2D eigenvalue weighted by Crippen LogP contribution is 2.46. The SMILES string of the molecule is CCC(C)(C)C(=O)OC(CCC(F)(F)CC(F)(F)CC(F)(F)C(F)(F)F)CC(C)C. The molecule has 0 fully saturated rings. The van der Waals surface area contributed by atoms with Crippen LogP contribution >= 0.6 is 0 Å². The number of carbonyl (C=O) groups is 1. The van der Waals surface area contributed by atoms with Crippen LogP contribution < -0.4 is 0 Å². The Labute approximate surface area is 170 Å². The number of ether oxygens (including phenoxy) is 1. The summed E-state index contributed by atoms with van der Waals surface area (Å²) in [5.41, 5.74) is -0.895. The van der Waals surface area contributed by atoms with Gasteiger partial charge in [0.2, 0.25) is 0 Å². The molecular formula is C19H29F9O2. The summed E-state index contributed by atoms with van der Waals surface area (Å²) in [5, 5.41) is 0. The molecule has 1 atom stereocenters. The van der Waals surface area contributed by atoms with Crippen molar-refractivity contribution < 1.29 is 49.0 Å². The molecule has 0 aliphatic rings. The molecule has 0 aromatic heterocycles. The van der Waals surface area contributed by atoms with Crippen LogP contribution in [0.25, 0.3) is 0 Å². The molecule has 180 valence electrons. The second-order valence-electron chi connectivity index (χ2n) is 8.70. The summed E-state index contributed by atoms with van der Waals surface area (Å²) in [7, 11) is 0. The van der Waals surface area contributed by atoms with Crippen molar-refractivity contribution in [2.45, 2.75) is 103 Å². The van der Waals surface area contributed by atoms with E-state index in [9.17, 15) is 44.3 Å². The Morgan fingerprint density at radius 2 is 1.37 bits per heavy atom. The summed E-state index contributed by atoms with van der Waals surface area (Å²) in [4.78, 5) is 12.2. The van der Waals surface area contributed by atoms with E-state index in [2.05, 4.69) is 0 Å². The summed E-state index contributed by atoms with van der Waals surface area (Å²) in [6.45, 7) is 8.32. The van der Waals surface area contributed by atoms with Gasteiger partial charge in [0.05, 0.1) is 18.3 Å². The van der Waals surface area contributed by atoms with Gasteiger partial charge in [-0.2, -0.15) is 22.0 Å². The van der Waals surface area contributed by atoms with Crippen molar-refractivity contribution in [3.8, 4) is 0 Å². The maximum atomic E-state index is 14.0. The molecule has 2 nitrogen and oxygen atoms in total. The highest BCUT2D eigenvalue weighted by molar-refractivity contribution is 5.75. The first-order valence-corrected chi connectivity index (χ1v) is 9.55. The highest BCUT2D eigenvalue weighted by Gasteiger charge is 2.62. The Balaban J connectivity index is 5.14. The van der Waals surface area contributed by atoms with Crippen LogP contribution in [0.1, 0.15) is 73.1 Å². The summed E-state index contributed by atoms with van der Waals surface area (Å²) in [6, 6.07) is 0. The molecule has 0 saturated carbocycles. The summed E-state index contributed by atoms with van der Waals surface area (Å²) < 4.78 is 122. The van der Waals surface area contributed by atoms with E-state index in [0.717, 1.165) is 0 Å². The lowest BCUT2D eigenvalue weighted by Crippen LogP contribution is -2.43. The quantitative estimate of drug-likeness (QED) is 0.224. The molecule has 0 aromatic carbocycles. The summed E-state index contributed by atoms with van der Waals surface area (Å²) in [5.74, 6) is -15.7. The van der Waals surface area contributed by atoms with Gasteiger partial charge in [-0.1, -0.05) is 20.8 Å². The van der Waals surface area contributed by atoms with Crippen molar-refractivity contribution in [2.24, 2.45) is 11.3 Å². The zero-order valence-corrected chi connectivity index (χ0v) is 17.6. The minimum absolute atomic E-state index is 0.0897. The zero-order valence-electron chi connectivity index (χ0n) is 17.6. The summed E-state index contributed by atoms with van der Waals surface area (Å²) in [6.07, 6.45) is -14.1. The van der Waals surface area contributed by atoms with Gasteiger partial charge in [0.25, 0.3) is 11.8 Å². The van der Waals surface area contributed by atoms with Gasteiger partial charge in [-0.25, -0.2) is 17.6 Å². The van der Waals surface area contributed by atoms with Gasteiger partial charge < -0.3 is 4.74 Å². The number of rotatable bonds is 12. The molecule has 0 spiro atoms. The minimum atomic E-state index is -6.27. The Morgan fingerprint density at radius 1 is 0.867 bits per heavy atom. The Morgan fingerprint density at radius 3 is 1.77 bits per heavy atom. The number of hydrogen-bond donors (Lipinski definition) is 0. The number of hydrogen-bond acceptors (Lipinski definition) is 2. The molecule has 1 unspecified atom stereocenters. The lowest BCUT2D eigenvalue weighted by Gasteiger charge is -2.29. The van der Waals surface area contributed by atoms with Crippen LogP contribution in [0.2, 0.25) is 0 Å². The van der Waals surface area contributed by atoms with E-state index in [-0.39, 0.29) is 12.3 Å². The first-order valence-electron chi connectivity index (χ1n) is 9.55. The highest BCUT2D eigenvalue weighted by atomic mass is 19.4. The Kier molecular flexibility index (Phi) is 9.59. The second-order valence-corrected chi connectivity index (χ2v) is 8.70. The number of halogens is 9. The molecule has 0 saturated heterocycles. The Hall–Kier alpha value is -1.16. The van der Waals surface area contributed by atoms with Crippen molar-refractivity contribution in [1.82, 2.24) is 0 Å². The molecule has 11 heteroatoms.